The largest absolute Gasteiger partial charge is 0.462 e. The minimum Gasteiger partial charge on any atom is -0.462 e. The van der Waals surface area contributed by atoms with Crippen molar-refractivity contribution in [2.75, 3.05) is 11.9 Å². The fourth-order valence-corrected chi connectivity index (χ4v) is 4.36. The van der Waals surface area contributed by atoms with E-state index in [-0.39, 0.29) is 11.9 Å². The lowest BCUT2D eigenvalue weighted by atomic mass is 9.95. The SMILES string of the molecule is CCOC(=O)c1c(NC(=O)C=Cc2ccc(C)cc2)sc2c1CCCC2. The Balaban J connectivity index is 1.80. The van der Waals surface area contributed by atoms with Crippen molar-refractivity contribution in [3.8, 4) is 0 Å². The molecule has 0 bridgehead atoms. The van der Waals surface area contributed by atoms with Crippen molar-refractivity contribution in [3.63, 3.8) is 0 Å². The molecule has 1 N–H and O–H groups in total. The number of anilines is 1. The molecule has 2 aromatic rings. The van der Waals surface area contributed by atoms with Crippen LogP contribution in [0.5, 0.6) is 0 Å². The Hall–Kier alpha value is -2.40. The lowest BCUT2D eigenvalue weighted by Crippen LogP contribution is -2.14. The predicted molar refractivity (Wildman–Crippen MR) is 106 cm³/mol. The normalized spacial score (nSPS) is 13.5. The van der Waals surface area contributed by atoms with Gasteiger partial charge in [-0.2, -0.15) is 0 Å². The number of carbonyl (C=O) groups excluding carboxylic acids is 2. The summed E-state index contributed by atoms with van der Waals surface area (Å²) >= 11 is 1.50. The van der Waals surface area contributed by atoms with E-state index in [0.717, 1.165) is 36.8 Å². The number of hydrogen-bond donors (Lipinski definition) is 1. The number of esters is 1. The summed E-state index contributed by atoms with van der Waals surface area (Å²) in [6.45, 7) is 4.14. The van der Waals surface area contributed by atoms with E-state index >= 15 is 0 Å². The van der Waals surface area contributed by atoms with Gasteiger partial charge in [0.15, 0.2) is 0 Å². The second-order valence-corrected chi connectivity index (χ2v) is 7.47. The molecule has 1 amide bonds. The summed E-state index contributed by atoms with van der Waals surface area (Å²) in [6, 6.07) is 7.94. The molecule has 0 atom stereocenters. The van der Waals surface area contributed by atoms with E-state index in [1.54, 1.807) is 13.0 Å². The molecule has 1 aromatic carbocycles. The first-order valence-electron chi connectivity index (χ1n) is 8.96. The van der Waals surface area contributed by atoms with Crippen molar-refractivity contribution >= 4 is 34.3 Å². The molecule has 1 aliphatic rings. The Morgan fingerprint density at radius 3 is 2.65 bits per heavy atom. The van der Waals surface area contributed by atoms with Crippen LogP contribution in [0.25, 0.3) is 6.08 Å². The lowest BCUT2D eigenvalue weighted by molar-refractivity contribution is -0.111. The van der Waals surface area contributed by atoms with Crippen molar-refractivity contribution in [2.45, 2.75) is 39.5 Å². The fourth-order valence-electron chi connectivity index (χ4n) is 3.08. The van der Waals surface area contributed by atoms with Crippen molar-refractivity contribution in [1.29, 1.82) is 0 Å². The van der Waals surface area contributed by atoms with Crippen molar-refractivity contribution in [2.24, 2.45) is 0 Å². The highest BCUT2D eigenvalue weighted by Gasteiger charge is 2.26. The third-order valence-corrected chi connectivity index (χ3v) is 5.60. The number of carbonyl (C=O) groups is 2. The van der Waals surface area contributed by atoms with E-state index in [1.807, 2.05) is 31.2 Å². The van der Waals surface area contributed by atoms with Gasteiger partial charge in [0.25, 0.3) is 0 Å². The van der Waals surface area contributed by atoms with Gasteiger partial charge in [-0.05, 0) is 56.7 Å². The minimum atomic E-state index is -0.343. The molecule has 1 aliphatic carbocycles. The second-order valence-electron chi connectivity index (χ2n) is 6.37. The first kappa shape index (κ1) is 18.4. The maximum absolute atomic E-state index is 12.4. The molecule has 136 valence electrons. The number of rotatable bonds is 5. The van der Waals surface area contributed by atoms with Crippen molar-refractivity contribution in [1.82, 2.24) is 0 Å². The summed E-state index contributed by atoms with van der Waals surface area (Å²) in [6.07, 6.45) is 7.29. The Kier molecular flexibility index (Phi) is 5.89. The van der Waals surface area contributed by atoms with Gasteiger partial charge in [-0.15, -0.1) is 11.3 Å². The van der Waals surface area contributed by atoms with Crippen LogP contribution in [0, 0.1) is 6.92 Å². The third-order valence-electron chi connectivity index (χ3n) is 4.39. The Labute approximate surface area is 157 Å². The van der Waals surface area contributed by atoms with Gasteiger partial charge in [-0.25, -0.2) is 4.79 Å². The second kappa shape index (κ2) is 8.32. The van der Waals surface area contributed by atoms with Crippen LogP contribution >= 0.6 is 11.3 Å². The van der Waals surface area contributed by atoms with E-state index in [2.05, 4.69) is 5.32 Å². The minimum absolute atomic E-state index is 0.241. The summed E-state index contributed by atoms with van der Waals surface area (Å²) in [5, 5.41) is 3.49. The molecule has 0 spiro atoms. The molecule has 1 aromatic heterocycles. The Bertz CT molecular complexity index is 834. The number of ether oxygens (including phenoxy) is 1. The smallest absolute Gasteiger partial charge is 0.341 e. The molecule has 5 heteroatoms. The zero-order chi connectivity index (χ0) is 18.5. The zero-order valence-corrected chi connectivity index (χ0v) is 15.9. The van der Waals surface area contributed by atoms with Gasteiger partial charge in [0.2, 0.25) is 5.91 Å². The average Bonchev–Trinajstić information content (AvgIpc) is 2.99. The van der Waals surface area contributed by atoms with Gasteiger partial charge in [0, 0.05) is 11.0 Å². The number of benzene rings is 1. The molecule has 0 fully saturated rings. The molecule has 0 aliphatic heterocycles. The van der Waals surface area contributed by atoms with Gasteiger partial charge in [-0.3, -0.25) is 4.79 Å². The van der Waals surface area contributed by atoms with Crippen LogP contribution in [0.15, 0.2) is 30.3 Å². The van der Waals surface area contributed by atoms with Gasteiger partial charge >= 0.3 is 5.97 Å². The Morgan fingerprint density at radius 1 is 1.19 bits per heavy atom. The van der Waals surface area contributed by atoms with Crippen LogP contribution in [0.4, 0.5) is 5.00 Å². The summed E-state index contributed by atoms with van der Waals surface area (Å²) < 4.78 is 5.21. The van der Waals surface area contributed by atoms with E-state index in [1.165, 1.54) is 27.9 Å². The van der Waals surface area contributed by atoms with Gasteiger partial charge in [0.05, 0.1) is 12.2 Å². The molecule has 0 saturated heterocycles. The number of hydrogen-bond acceptors (Lipinski definition) is 4. The predicted octanol–water partition coefficient (Wildman–Crippen LogP) is 4.76. The van der Waals surface area contributed by atoms with E-state index in [4.69, 9.17) is 4.74 Å². The van der Waals surface area contributed by atoms with Crippen LogP contribution in [-0.4, -0.2) is 18.5 Å². The number of fused-ring (bicyclic) bond motifs is 1. The molecule has 0 saturated carbocycles. The van der Waals surface area contributed by atoms with Crippen LogP contribution in [-0.2, 0) is 22.4 Å². The molecular weight excluding hydrogens is 346 g/mol. The molecule has 3 rings (SSSR count). The van der Waals surface area contributed by atoms with Crippen LogP contribution in [0.3, 0.4) is 0 Å². The van der Waals surface area contributed by atoms with Crippen LogP contribution < -0.4 is 5.32 Å². The van der Waals surface area contributed by atoms with E-state index in [9.17, 15) is 9.59 Å². The molecular formula is C21H23NO3S. The maximum atomic E-state index is 12.4. The van der Waals surface area contributed by atoms with Gasteiger partial charge in [-0.1, -0.05) is 29.8 Å². The highest BCUT2D eigenvalue weighted by molar-refractivity contribution is 7.17. The average molecular weight is 369 g/mol. The fraction of sp³-hybridized carbons (Fsp3) is 0.333. The zero-order valence-electron chi connectivity index (χ0n) is 15.1. The highest BCUT2D eigenvalue weighted by atomic mass is 32.1. The van der Waals surface area contributed by atoms with Crippen molar-refractivity contribution in [3.05, 3.63) is 57.5 Å². The maximum Gasteiger partial charge on any atom is 0.341 e. The Morgan fingerprint density at radius 2 is 1.92 bits per heavy atom. The number of aryl methyl sites for hydroxylation is 2. The topological polar surface area (TPSA) is 55.4 Å². The molecule has 0 radical (unpaired) electrons. The molecule has 1 heterocycles. The first-order valence-corrected chi connectivity index (χ1v) is 9.77. The summed E-state index contributed by atoms with van der Waals surface area (Å²) in [4.78, 5) is 26.0. The van der Waals surface area contributed by atoms with Crippen LogP contribution in [0.1, 0.15) is 51.7 Å². The van der Waals surface area contributed by atoms with E-state index < -0.39 is 0 Å². The molecule has 26 heavy (non-hydrogen) atoms. The monoisotopic (exact) mass is 369 g/mol. The third kappa shape index (κ3) is 4.22. The van der Waals surface area contributed by atoms with Crippen molar-refractivity contribution < 1.29 is 14.3 Å². The molecule has 4 nitrogen and oxygen atoms in total. The quantitative estimate of drug-likeness (QED) is 0.610. The first-order chi connectivity index (χ1) is 12.6. The van der Waals surface area contributed by atoms with E-state index in [0.29, 0.717) is 17.2 Å². The standard InChI is InChI=1S/C21H23NO3S/c1-3-25-21(24)19-16-6-4-5-7-17(16)26-20(19)22-18(23)13-12-15-10-8-14(2)9-11-15/h8-13H,3-7H2,1-2H3,(H,22,23). The lowest BCUT2D eigenvalue weighted by Gasteiger charge is -2.12. The van der Waals surface area contributed by atoms with Crippen LogP contribution in [0.2, 0.25) is 0 Å². The highest BCUT2D eigenvalue weighted by Crippen LogP contribution is 2.38. The van der Waals surface area contributed by atoms with Gasteiger partial charge < -0.3 is 10.1 Å². The summed E-state index contributed by atoms with van der Waals surface area (Å²) in [5.41, 5.74) is 3.73. The number of thiophene rings is 1. The molecule has 0 unspecified atom stereocenters. The summed E-state index contributed by atoms with van der Waals surface area (Å²) in [7, 11) is 0. The summed E-state index contributed by atoms with van der Waals surface area (Å²) in [5.74, 6) is -0.584. The van der Waals surface area contributed by atoms with Gasteiger partial charge in [0.1, 0.15) is 5.00 Å². The number of amides is 1. The number of nitrogens with one attached hydrogen (secondary N) is 1.